The van der Waals surface area contributed by atoms with E-state index >= 15 is 0 Å². The van der Waals surface area contributed by atoms with Crippen molar-refractivity contribution >= 4 is 22.4 Å². The van der Waals surface area contributed by atoms with Crippen LogP contribution in [0.5, 0.6) is 0 Å². The highest BCUT2D eigenvalue weighted by atomic mass is 16.5. The molecule has 4 nitrogen and oxygen atoms in total. The van der Waals surface area contributed by atoms with E-state index in [1.165, 1.54) is 0 Å². The Morgan fingerprint density at radius 1 is 0.969 bits per heavy atom. The van der Waals surface area contributed by atoms with E-state index in [1.807, 2.05) is 61.7 Å². The molecule has 0 aliphatic carbocycles. The summed E-state index contributed by atoms with van der Waals surface area (Å²) in [5.41, 5.74) is 5.96. The van der Waals surface area contributed by atoms with E-state index < -0.39 is 0 Å². The summed E-state index contributed by atoms with van der Waals surface area (Å²) >= 11 is 0. The van der Waals surface area contributed by atoms with Gasteiger partial charge in [0.25, 0.3) is 0 Å². The normalized spacial score (nSPS) is 12.4. The lowest BCUT2D eigenvalue weighted by Crippen LogP contribution is -2.08. The third kappa shape index (κ3) is 4.98. The minimum atomic E-state index is 0.422. The number of rotatable bonds is 6. The summed E-state index contributed by atoms with van der Waals surface area (Å²) in [4.78, 5) is 13.4. The van der Waals surface area contributed by atoms with Crippen LogP contribution in [0.3, 0.4) is 0 Å². The number of pyridine rings is 2. The third-order valence-electron chi connectivity index (χ3n) is 5.09. The fraction of sp³-hybridized carbons (Fsp3) is 0.107. The van der Waals surface area contributed by atoms with Crippen molar-refractivity contribution < 1.29 is 4.74 Å². The summed E-state index contributed by atoms with van der Waals surface area (Å²) in [7, 11) is 1.74. The fourth-order valence-electron chi connectivity index (χ4n) is 3.42. The topological polar surface area (TPSA) is 47.4 Å². The minimum Gasteiger partial charge on any atom is -0.473 e. The van der Waals surface area contributed by atoms with E-state index in [-0.39, 0.29) is 0 Å². The second-order valence-corrected chi connectivity index (χ2v) is 7.25. The van der Waals surface area contributed by atoms with Crippen molar-refractivity contribution in [1.82, 2.24) is 9.97 Å². The van der Waals surface area contributed by atoms with Crippen LogP contribution in [0, 0.1) is 0 Å². The molecule has 0 aliphatic rings. The van der Waals surface area contributed by atoms with Gasteiger partial charge in [-0.05, 0) is 36.8 Å². The van der Waals surface area contributed by atoms with Crippen molar-refractivity contribution in [2.45, 2.75) is 13.5 Å². The van der Waals surface area contributed by atoms with Gasteiger partial charge >= 0.3 is 0 Å². The zero-order valence-electron chi connectivity index (χ0n) is 18.3. The number of aromatic nitrogens is 2. The molecule has 158 valence electrons. The lowest BCUT2D eigenvalue weighted by molar-refractivity contribution is 0.296. The SMILES string of the molecule is C/C=C\C=C(/C(=NC)OCc1ccc(-c2ccc3ccccc3n2)cc1)c1cccnc1. The molecule has 0 radical (unpaired) electrons. The standard InChI is InChI=1S/C28H25N3O/c1-3-4-10-25(24-9-7-18-30-19-24)28(29-2)32-20-21-12-14-23(15-13-21)27-17-16-22-8-5-6-11-26(22)31-27/h3-19H,20H2,1-2H3/b4-3-,25-10-,29-28?. The van der Waals surface area contributed by atoms with E-state index in [1.54, 1.807) is 13.2 Å². The molecule has 0 saturated heterocycles. The first-order valence-corrected chi connectivity index (χ1v) is 10.6. The van der Waals surface area contributed by atoms with Crippen LogP contribution in [0.2, 0.25) is 0 Å². The zero-order chi connectivity index (χ0) is 22.2. The molecule has 0 fully saturated rings. The number of hydrogen-bond donors (Lipinski definition) is 0. The first-order chi connectivity index (χ1) is 15.8. The summed E-state index contributed by atoms with van der Waals surface area (Å²) in [5.74, 6) is 0.580. The third-order valence-corrected chi connectivity index (χ3v) is 5.09. The molecule has 2 heterocycles. The second-order valence-electron chi connectivity index (χ2n) is 7.25. The first kappa shape index (κ1) is 21.2. The van der Waals surface area contributed by atoms with Gasteiger partial charge in [-0.25, -0.2) is 4.98 Å². The summed E-state index contributed by atoms with van der Waals surface area (Å²) in [6.45, 7) is 2.40. The molecule has 4 rings (SSSR count). The van der Waals surface area contributed by atoms with E-state index in [0.717, 1.165) is 38.9 Å². The van der Waals surface area contributed by atoms with Crippen molar-refractivity contribution in [1.29, 1.82) is 0 Å². The van der Waals surface area contributed by atoms with Crippen LogP contribution in [0.15, 0.2) is 108 Å². The molecule has 0 aliphatic heterocycles. The Bertz CT molecular complexity index is 1270. The molecule has 32 heavy (non-hydrogen) atoms. The van der Waals surface area contributed by atoms with Gasteiger partial charge < -0.3 is 4.74 Å². The molecule has 2 aromatic heterocycles. The molecule has 0 bridgehead atoms. The van der Waals surface area contributed by atoms with E-state index in [2.05, 4.69) is 52.4 Å². The average molecular weight is 420 g/mol. The smallest absolute Gasteiger partial charge is 0.216 e. The van der Waals surface area contributed by atoms with Gasteiger partial charge in [0, 0.05) is 41.5 Å². The van der Waals surface area contributed by atoms with Gasteiger partial charge in [-0.1, -0.05) is 66.7 Å². The van der Waals surface area contributed by atoms with Crippen LogP contribution in [-0.2, 0) is 11.3 Å². The highest BCUT2D eigenvalue weighted by Crippen LogP contribution is 2.22. The maximum Gasteiger partial charge on any atom is 0.216 e. The summed E-state index contributed by atoms with van der Waals surface area (Å²) in [6.07, 6.45) is 9.51. The lowest BCUT2D eigenvalue weighted by Gasteiger charge is -2.13. The van der Waals surface area contributed by atoms with Crippen LogP contribution >= 0.6 is 0 Å². The first-order valence-electron chi connectivity index (χ1n) is 10.6. The number of para-hydroxylation sites is 1. The van der Waals surface area contributed by atoms with Gasteiger partial charge in [-0.3, -0.25) is 9.98 Å². The molecule has 0 saturated carbocycles. The highest BCUT2D eigenvalue weighted by Gasteiger charge is 2.11. The number of nitrogens with zero attached hydrogens (tertiary/aromatic N) is 3. The molecule has 0 N–H and O–H groups in total. The monoisotopic (exact) mass is 419 g/mol. The van der Waals surface area contributed by atoms with Crippen LogP contribution in [-0.4, -0.2) is 22.9 Å². The van der Waals surface area contributed by atoms with Gasteiger partial charge in [0.2, 0.25) is 5.90 Å². The molecule has 2 aromatic carbocycles. The van der Waals surface area contributed by atoms with Gasteiger partial charge in [0.05, 0.1) is 11.2 Å². The minimum absolute atomic E-state index is 0.422. The van der Waals surface area contributed by atoms with Gasteiger partial charge in [-0.15, -0.1) is 0 Å². The number of hydrogen-bond acceptors (Lipinski definition) is 4. The number of ether oxygens (including phenoxy) is 1. The Labute approximate surface area is 188 Å². The molecule has 0 amide bonds. The van der Waals surface area contributed by atoms with Crippen LogP contribution < -0.4 is 0 Å². The maximum absolute atomic E-state index is 6.10. The van der Waals surface area contributed by atoms with E-state index in [4.69, 9.17) is 9.72 Å². The predicted molar refractivity (Wildman–Crippen MR) is 132 cm³/mol. The molecule has 0 unspecified atom stereocenters. The molecule has 4 heteroatoms. The lowest BCUT2D eigenvalue weighted by atomic mass is 10.1. The number of allylic oxidation sites excluding steroid dienone is 3. The number of fused-ring (bicyclic) bond motifs is 1. The molecule has 0 spiro atoms. The van der Waals surface area contributed by atoms with Crippen molar-refractivity contribution in [3.05, 3.63) is 115 Å². The maximum atomic E-state index is 6.10. The van der Waals surface area contributed by atoms with Crippen molar-refractivity contribution in [3.8, 4) is 11.3 Å². The van der Waals surface area contributed by atoms with Crippen molar-refractivity contribution in [2.75, 3.05) is 7.05 Å². The summed E-state index contributed by atoms with van der Waals surface area (Å²) in [6, 6.07) is 24.5. The molecular weight excluding hydrogens is 394 g/mol. The number of aliphatic imine (C=N–C) groups is 1. The molecule has 4 aromatic rings. The Kier molecular flexibility index (Phi) is 6.83. The highest BCUT2D eigenvalue weighted by molar-refractivity contribution is 6.19. The van der Waals surface area contributed by atoms with Crippen molar-refractivity contribution in [3.63, 3.8) is 0 Å². The average Bonchev–Trinajstić information content (AvgIpc) is 2.86. The van der Waals surface area contributed by atoms with Crippen LogP contribution in [0.4, 0.5) is 0 Å². The molecular formula is C28H25N3O. The Morgan fingerprint density at radius 2 is 1.81 bits per heavy atom. The Balaban J connectivity index is 1.50. The largest absolute Gasteiger partial charge is 0.473 e. The van der Waals surface area contributed by atoms with Gasteiger partial charge in [0.15, 0.2) is 0 Å². The number of benzene rings is 2. The quantitative estimate of drug-likeness (QED) is 0.204. The zero-order valence-corrected chi connectivity index (χ0v) is 18.3. The molecule has 0 atom stereocenters. The van der Waals surface area contributed by atoms with Crippen LogP contribution in [0.1, 0.15) is 18.1 Å². The summed E-state index contributed by atoms with van der Waals surface area (Å²) in [5, 5.41) is 1.14. The van der Waals surface area contributed by atoms with Crippen molar-refractivity contribution in [2.24, 2.45) is 4.99 Å². The van der Waals surface area contributed by atoms with Crippen LogP contribution in [0.25, 0.3) is 27.7 Å². The predicted octanol–water partition coefficient (Wildman–Crippen LogP) is 6.50. The van der Waals surface area contributed by atoms with Gasteiger partial charge in [-0.2, -0.15) is 0 Å². The van der Waals surface area contributed by atoms with E-state index in [0.29, 0.717) is 12.5 Å². The Morgan fingerprint density at radius 3 is 2.56 bits per heavy atom. The van der Waals surface area contributed by atoms with Gasteiger partial charge in [0.1, 0.15) is 6.61 Å². The summed E-state index contributed by atoms with van der Waals surface area (Å²) < 4.78 is 6.10. The Hall–Kier alpha value is -4.05. The fourth-order valence-corrected chi connectivity index (χ4v) is 3.42. The second kappa shape index (κ2) is 10.3. The van der Waals surface area contributed by atoms with E-state index in [9.17, 15) is 0 Å².